The summed E-state index contributed by atoms with van der Waals surface area (Å²) in [6.07, 6.45) is 5.05. The van der Waals surface area contributed by atoms with E-state index in [9.17, 15) is 9.90 Å². The Morgan fingerprint density at radius 3 is 2.73 bits per heavy atom. The van der Waals surface area contributed by atoms with Gasteiger partial charge in [-0.05, 0) is 37.5 Å². The van der Waals surface area contributed by atoms with E-state index in [1.54, 1.807) is 0 Å². The second-order valence-electron chi connectivity index (χ2n) is 5.46. The molecular formula is C13H22O2. The maximum atomic E-state index is 11.9. The molecule has 0 aromatic rings. The van der Waals surface area contributed by atoms with Crippen LogP contribution in [-0.4, -0.2) is 17.5 Å². The highest BCUT2D eigenvalue weighted by atomic mass is 16.3. The van der Waals surface area contributed by atoms with Gasteiger partial charge in [0.1, 0.15) is 5.78 Å². The standard InChI is InChI=1S/C13H22O2/c1-3-12(15)11-5-4-10-9(2)6-7-13(10,11)8-14/h9-11,14H,3-8H2,1-2H3/t9-,10+,11?,13+/m1/s1. The molecule has 1 N–H and O–H groups in total. The van der Waals surface area contributed by atoms with E-state index in [0.717, 1.165) is 19.3 Å². The minimum atomic E-state index is -0.0352. The van der Waals surface area contributed by atoms with Gasteiger partial charge in [-0.1, -0.05) is 13.8 Å². The molecule has 2 nitrogen and oxygen atoms in total. The number of ketones is 1. The number of hydrogen-bond donors (Lipinski definition) is 1. The minimum Gasteiger partial charge on any atom is -0.396 e. The summed E-state index contributed by atoms with van der Waals surface area (Å²) in [6.45, 7) is 4.44. The highest BCUT2D eigenvalue weighted by molar-refractivity contribution is 5.82. The summed E-state index contributed by atoms with van der Waals surface area (Å²) in [7, 11) is 0. The number of carbonyl (C=O) groups excluding carboxylic acids is 1. The Kier molecular flexibility index (Phi) is 2.89. The van der Waals surface area contributed by atoms with E-state index in [0.29, 0.717) is 24.0 Å². The number of rotatable bonds is 3. The molecule has 0 saturated heterocycles. The van der Waals surface area contributed by atoms with Gasteiger partial charge in [0.15, 0.2) is 0 Å². The zero-order chi connectivity index (χ0) is 11.1. The van der Waals surface area contributed by atoms with Crippen LogP contribution in [0.5, 0.6) is 0 Å². The van der Waals surface area contributed by atoms with Crippen LogP contribution in [-0.2, 0) is 4.79 Å². The monoisotopic (exact) mass is 210 g/mol. The van der Waals surface area contributed by atoms with Gasteiger partial charge < -0.3 is 5.11 Å². The molecule has 2 heteroatoms. The van der Waals surface area contributed by atoms with Crippen molar-refractivity contribution in [1.82, 2.24) is 0 Å². The highest BCUT2D eigenvalue weighted by Gasteiger charge is 2.56. The van der Waals surface area contributed by atoms with Gasteiger partial charge in [-0.2, -0.15) is 0 Å². The van der Waals surface area contributed by atoms with Gasteiger partial charge in [0, 0.05) is 24.4 Å². The van der Waals surface area contributed by atoms with Crippen molar-refractivity contribution in [3.05, 3.63) is 0 Å². The molecule has 0 aromatic heterocycles. The van der Waals surface area contributed by atoms with Gasteiger partial charge in [-0.3, -0.25) is 4.79 Å². The van der Waals surface area contributed by atoms with Crippen molar-refractivity contribution in [2.75, 3.05) is 6.61 Å². The van der Waals surface area contributed by atoms with Crippen LogP contribution >= 0.6 is 0 Å². The van der Waals surface area contributed by atoms with E-state index >= 15 is 0 Å². The van der Waals surface area contributed by atoms with Crippen LogP contribution in [0.4, 0.5) is 0 Å². The summed E-state index contributed by atoms with van der Waals surface area (Å²) in [5.74, 6) is 1.83. The van der Waals surface area contributed by atoms with Crippen LogP contribution in [0.25, 0.3) is 0 Å². The van der Waals surface area contributed by atoms with Crippen molar-refractivity contribution in [2.24, 2.45) is 23.2 Å². The molecule has 2 fully saturated rings. The molecule has 0 spiro atoms. The lowest BCUT2D eigenvalue weighted by Gasteiger charge is -2.33. The fraction of sp³-hybridized carbons (Fsp3) is 0.923. The van der Waals surface area contributed by atoms with Crippen LogP contribution in [0.15, 0.2) is 0 Å². The zero-order valence-electron chi connectivity index (χ0n) is 9.83. The first-order valence-corrected chi connectivity index (χ1v) is 6.29. The van der Waals surface area contributed by atoms with Crippen molar-refractivity contribution in [2.45, 2.75) is 46.0 Å². The molecular weight excluding hydrogens is 188 g/mol. The van der Waals surface area contributed by atoms with Crippen LogP contribution in [0, 0.1) is 23.2 Å². The highest BCUT2D eigenvalue weighted by Crippen LogP contribution is 2.59. The maximum Gasteiger partial charge on any atom is 0.136 e. The molecule has 1 unspecified atom stereocenters. The van der Waals surface area contributed by atoms with Crippen molar-refractivity contribution in [1.29, 1.82) is 0 Å². The second-order valence-corrected chi connectivity index (χ2v) is 5.46. The molecule has 0 bridgehead atoms. The molecule has 0 aromatic carbocycles. The third kappa shape index (κ3) is 1.45. The number of Topliss-reactive ketones (excluding diaryl/α,β-unsaturated/α-hetero) is 1. The summed E-state index contributed by atoms with van der Waals surface area (Å²) in [5, 5.41) is 9.71. The Morgan fingerprint density at radius 2 is 2.13 bits per heavy atom. The van der Waals surface area contributed by atoms with Crippen molar-refractivity contribution in [3.63, 3.8) is 0 Å². The molecule has 0 radical (unpaired) electrons. The third-order valence-electron chi connectivity index (χ3n) is 4.98. The van der Waals surface area contributed by atoms with Gasteiger partial charge in [0.05, 0.1) is 0 Å². The molecule has 15 heavy (non-hydrogen) atoms. The van der Waals surface area contributed by atoms with Crippen LogP contribution < -0.4 is 0 Å². The zero-order valence-corrected chi connectivity index (χ0v) is 9.83. The van der Waals surface area contributed by atoms with Crippen molar-refractivity contribution in [3.8, 4) is 0 Å². The first-order valence-electron chi connectivity index (χ1n) is 6.29. The Labute approximate surface area is 92.1 Å². The van der Waals surface area contributed by atoms with Gasteiger partial charge >= 0.3 is 0 Å². The van der Waals surface area contributed by atoms with Gasteiger partial charge in [-0.15, -0.1) is 0 Å². The largest absolute Gasteiger partial charge is 0.396 e. The van der Waals surface area contributed by atoms with Crippen LogP contribution in [0.1, 0.15) is 46.0 Å². The lowest BCUT2D eigenvalue weighted by atomic mass is 9.71. The first kappa shape index (κ1) is 11.1. The summed E-state index contributed by atoms with van der Waals surface area (Å²) in [6, 6.07) is 0. The minimum absolute atomic E-state index is 0.0352. The average Bonchev–Trinajstić information content (AvgIpc) is 2.77. The Hall–Kier alpha value is -0.370. The molecule has 2 saturated carbocycles. The molecule has 0 amide bonds. The van der Waals surface area contributed by atoms with Crippen molar-refractivity contribution >= 4 is 5.78 Å². The van der Waals surface area contributed by atoms with E-state index in [-0.39, 0.29) is 17.9 Å². The van der Waals surface area contributed by atoms with Gasteiger partial charge in [0.2, 0.25) is 0 Å². The number of aliphatic hydroxyl groups excluding tert-OH is 1. The quantitative estimate of drug-likeness (QED) is 0.776. The third-order valence-corrected chi connectivity index (χ3v) is 4.98. The van der Waals surface area contributed by atoms with Crippen molar-refractivity contribution < 1.29 is 9.90 Å². The summed E-state index contributed by atoms with van der Waals surface area (Å²) < 4.78 is 0. The summed E-state index contributed by atoms with van der Waals surface area (Å²) in [4.78, 5) is 11.9. The van der Waals surface area contributed by atoms with E-state index < -0.39 is 0 Å². The SMILES string of the molecule is CCC(=O)C1CC[C@H]2[C@H](C)CC[C@@]12CO. The Morgan fingerprint density at radius 1 is 1.40 bits per heavy atom. The summed E-state index contributed by atoms with van der Waals surface area (Å²) >= 11 is 0. The molecule has 86 valence electrons. The predicted octanol–water partition coefficient (Wildman–Crippen LogP) is 2.40. The van der Waals surface area contributed by atoms with Gasteiger partial charge in [-0.25, -0.2) is 0 Å². The molecule has 4 atom stereocenters. The van der Waals surface area contributed by atoms with E-state index in [1.807, 2.05) is 6.92 Å². The average molecular weight is 210 g/mol. The van der Waals surface area contributed by atoms with Gasteiger partial charge in [0.25, 0.3) is 0 Å². The molecule has 2 aliphatic carbocycles. The molecule has 2 aliphatic rings. The fourth-order valence-corrected chi connectivity index (χ4v) is 4.12. The first-order chi connectivity index (χ1) is 7.15. The normalized spacial score (nSPS) is 44.3. The fourth-order valence-electron chi connectivity index (χ4n) is 4.12. The predicted molar refractivity (Wildman–Crippen MR) is 59.4 cm³/mol. The number of fused-ring (bicyclic) bond motifs is 1. The van der Waals surface area contributed by atoms with E-state index in [4.69, 9.17) is 0 Å². The number of carbonyl (C=O) groups is 1. The lowest BCUT2D eigenvalue weighted by Crippen LogP contribution is -2.37. The number of hydrogen-bond acceptors (Lipinski definition) is 2. The summed E-state index contributed by atoms with van der Waals surface area (Å²) in [5.41, 5.74) is -0.0352. The lowest BCUT2D eigenvalue weighted by molar-refractivity contribution is -0.127. The maximum absolute atomic E-state index is 11.9. The van der Waals surface area contributed by atoms with E-state index in [2.05, 4.69) is 6.92 Å². The molecule has 0 aliphatic heterocycles. The van der Waals surface area contributed by atoms with Crippen LogP contribution in [0.2, 0.25) is 0 Å². The Bertz CT molecular complexity index is 261. The van der Waals surface area contributed by atoms with E-state index in [1.165, 1.54) is 6.42 Å². The topological polar surface area (TPSA) is 37.3 Å². The Balaban J connectivity index is 2.25. The number of aliphatic hydroxyl groups is 1. The smallest absolute Gasteiger partial charge is 0.136 e. The van der Waals surface area contributed by atoms with Crippen LogP contribution in [0.3, 0.4) is 0 Å². The molecule has 2 rings (SSSR count). The second kappa shape index (κ2) is 3.89. The molecule has 0 heterocycles.